The normalized spacial score (nSPS) is 10.7. The van der Waals surface area contributed by atoms with Crippen LogP contribution in [0, 0.1) is 0 Å². The first-order valence-corrected chi connectivity index (χ1v) is 7.59. The summed E-state index contributed by atoms with van der Waals surface area (Å²) in [6, 6.07) is 12.4. The maximum Gasteiger partial charge on any atom is 0.135 e. The highest BCUT2D eigenvalue weighted by molar-refractivity contribution is 5.47. The molecule has 0 radical (unpaired) electrons. The molecule has 0 amide bonds. The lowest BCUT2D eigenvalue weighted by atomic mass is 10.1. The Morgan fingerprint density at radius 3 is 2.29 bits per heavy atom. The van der Waals surface area contributed by atoms with E-state index in [2.05, 4.69) is 65.6 Å². The molecule has 2 aromatic rings. The van der Waals surface area contributed by atoms with E-state index in [1.54, 1.807) is 0 Å². The Morgan fingerprint density at radius 1 is 1.00 bits per heavy atom. The molecule has 0 bridgehead atoms. The molecule has 0 unspecified atom stereocenters. The standard InChI is InChI=1S/C17H24N4/c1-4-18-15-12-16(21-17(20-15)13(2)3)19-11-10-14-8-6-5-7-9-14/h5-9,12-13H,4,10-11H2,1-3H3,(H2,18,19,20,21). The zero-order chi connectivity index (χ0) is 15.1. The van der Waals surface area contributed by atoms with E-state index in [0.29, 0.717) is 5.92 Å². The van der Waals surface area contributed by atoms with Crippen molar-refractivity contribution >= 4 is 11.6 Å². The molecule has 2 N–H and O–H groups in total. The van der Waals surface area contributed by atoms with Crippen LogP contribution in [0.5, 0.6) is 0 Å². The fraction of sp³-hybridized carbons (Fsp3) is 0.412. The van der Waals surface area contributed by atoms with E-state index in [-0.39, 0.29) is 0 Å². The van der Waals surface area contributed by atoms with Crippen LogP contribution in [-0.4, -0.2) is 23.1 Å². The number of rotatable bonds is 7. The van der Waals surface area contributed by atoms with E-state index >= 15 is 0 Å². The van der Waals surface area contributed by atoms with Gasteiger partial charge in [0.05, 0.1) is 0 Å². The molecule has 2 rings (SSSR count). The van der Waals surface area contributed by atoms with Gasteiger partial charge in [-0.25, -0.2) is 9.97 Å². The summed E-state index contributed by atoms with van der Waals surface area (Å²) >= 11 is 0. The third-order valence-corrected chi connectivity index (χ3v) is 3.18. The summed E-state index contributed by atoms with van der Waals surface area (Å²) in [6.07, 6.45) is 0.985. The van der Waals surface area contributed by atoms with Crippen molar-refractivity contribution in [3.8, 4) is 0 Å². The van der Waals surface area contributed by atoms with Gasteiger partial charge in [0, 0.05) is 25.1 Å². The number of hydrogen-bond donors (Lipinski definition) is 2. The predicted molar refractivity (Wildman–Crippen MR) is 88.9 cm³/mol. The lowest BCUT2D eigenvalue weighted by molar-refractivity contribution is 0.774. The zero-order valence-corrected chi connectivity index (χ0v) is 13.1. The average molecular weight is 284 g/mol. The monoisotopic (exact) mass is 284 g/mol. The number of aromatic nitrogens is 2. The van der Waals surface area contributed by atoms with Gasteiger partial charge >= 0.3 is 0 Å². The number of anilines is 2. The Hall–Kier alpha value is -2.10. The predicted octanol–water partition coefficient (Wildman–Crippen LogP) is 3.69. The molecule has 0 aliphatic rings. The number of nitrogens with zero attached hydrogens (tertiary/aromatic N) is 2. The van der Waals surface area contributed by atoms with Crippen LogP contribution >= 0.6 is 0 Å². The number of benzene rings is 1. The highest BCUT2D eigenvalue weighted by atomic mass is 15.1. The third kappa shape index (κ3) is 4.74. The van der Waals surface area contributed by atoms with Gasteiger partial charge in [0.25, 0.3) is 0 Å². The Kier molecular flexibility index (Phi) is 5.55. The summed E-state index contributed by atoms with van der Waals surface area (Å²) in [5.74, 6) is 2.97. The summed E-state index contributed by atoms with van der Waals surface area (Å²) in [5, 5.41) is 6.66. The molecule has 1 heterocycles. The Bertz CT molecular complexity index is 552. The SMILES string of the molecule is CCNc1cc(NCCc2ccccc2)nc(C(C)C)n1. The molecule has 4 nitrogen and oxygen atoms in total. The lowest BCUT2D eigenvalue weighted by Crippen LogP contribution is -2.11. The van der Waals surface area contributed by atoms with Crippen molar-refractivity contribution in [2.24, 2.45) is 0 Å². The number of nitrogens with one attached hydrogen (secondary N) is 2. The summed E-state index contributed by atoms with van der Waals surface area (Å²) in [4.78, 5) is 9.11. The molecule has 0 saturated carbocycles. The third-order valence-electron chi connectivity index (χ3n) is 3.18. The van der Waals surface area contributed by atoms with Gasteiger partial charge in [-0.1, -0.05) is 44.2 Å². The van der Waals surface area contributed by atoms with Crippen molar-refractivity contribution in [1.29, 1.82) is 0 Å². The van der Waals surface area contributed by atoms with Gasteiger partial charge in [-0.3, -0.25) is 0 Å². The van der Waals surface area contributed by atoms with Crippen molar-refractivity contribution in [3.63, 3.8) is 0 Å². The molecule has 112 valence electrons. The van der Waals surface area contributed by atoms with Gasteiger partial charge in [-0.05, 0) is 18.9 Å². The van der Waals surface area contributed by atoms with Crippen molar-refractivity contribution in [1.82, 2.24) is 9.97 Å². The molecular weight excluding hydrogens is 260 g/mol. The fourth-order valence-corrected chi connectivity index (χ4v) is 2.07. The van der Waals surface area contributed by atoms with E-state index in [4.69, 9.17) is 0 Å². The van der Waals surface area contributed by atoms with E-state index < -0.39 is 0 Å². The van der Waals surface area contributed by atoms with Crippen LogP contribution in [0.2, 0.25) is 0 Å². The van der Waals surface area contributed by atoms with E-state index in [1.165, 1.54) is 5.56 Å². The Balaban J connectivity index is 2.01. The zero-order valence-electron chi connectivity index (χ0n) is 13.1. The second-order valence-electron chi connectivity index (χ2n) is 5.34. The van der Waals surface area contributed by atoms with E-state index in [9.17, 15) is 0 Å². The van der Waals surface area contributed by atoms with Gasteiger partial charge in [0.2, 0.25) is 0 Å². The molecule has 0 aliphatic heterocycles. The average Bonchev–Trinajstić information content (AvgIpc) is 2.48. The second kappa shape index (κ2) is 7.62. The maximum absolute atomic E-state index is 4.58. The minimum absolute atomic E-state index is 0.318. The first kappa shape index (κ1) is 15.3. The van der Waals surface area contributed by atoms with Crippen molar-refractivity contribution < 1.29 is 0 Å². The topological polar surface area (TPSA) is 49.8 Å². The molecule has 1 aromatic carbocycles. The van der Waals surface area contributed by atoms with Crippen molar-refractivity contribution in [3.05, 3.63) is 47.8 Å². The summed E-state index contributed by atoms with van der Waals surface area (Å²) in [7, 11) is 0. The van der Waals surface area contributed by atoms with Gasteiger partial charge < -0.3 is 10.6 Å². The van der Waals surface area contributed by atoms with Gasteiger partial charge in [-0.15, -0.1) is 0 Å². The fourth-order valence-electron chi connectivity index (χ4n) is 2.07. The van der Waals surface area contributed by atoms with Crippen LogP contribution < -0.4 is 10.6 Å². The van der Waals surface area contributed by atoms with Crippen molar-refractivity contribution in [2.45, 2.75) is 33.1 Å². The van der Waals surface area contributed by atoms with Crippen LogP contribution in [0.3, 0.4) is 0 Å². The molecule has 0 spiro atoms. The Labute approximate surface area is 127 Å². The van der Waals surface area contributed by atoms with Gasteiger partial charge in [-0.2, -0.15) is 0 Å². The Morgan fingerprint density at radius 2 is 1.67 bits per heavy atom. The van der Waals surface area contributed by atoms with Crippen LogP contribution in [0.1, 0.15) is 38.1 Å². The van der Waals surface area contributed by atoms with Crippen LogP contribution in [0.4, 0.5) is 11.6 Å². The minimum Gasteiger partial charge on any atom is -0.370 e. The van der Waals surface area contributed by atoms with Gasteiger partial charge in [0.15, 0.2) is 0 Å². The smallest absolute Gasteiger partial charge is 0.135 e. The van der Waals surface area contributed by atoms with Crippen LogP contribution in [-0.2, 0) is 6.42 Å². The summed E-state index contributed by atoms with van der Waals surface area (Å²) in [6.45, 7) is 8.01. The quantitative estimate of drug-likeness (QED) is 0.814. The molecule has 21 heavy (non-hydrogen) atoms. The van der Waals surface area contributed by atoms with Crippen molar-refractivity contribution in [2.75, 3.05) is 23.7 Å². The van der Waals surface area contributed by atoms with Crippen LogP contribution in [0.25, 0.3) is 0 Å². The van der Waals surface area contributed by atoms with E-state index in [0.717, 1.165) is 37.0 Å². The second-order valence-corrected chi connectivity index (χ2v) is 5.34. The maximum atomic E-state index is 4.58. The summed E-state index contributed by atoms with van der Waals surface area (Å²) < 4.78 is 0. The molecule has 4 heteroatoms. The summed E-state index contributed by atoms with van der Waals surface area (Å²) in [5.41, 5.74) is 1.33. The lowest BCUT2D eigenvalue weighted by Gasteiger charge is -2.12. The molecular formula is C17H24N4. The first-order valence-electron chi connectivity index (χ1n) is 7.59. The molecule has 0 fully saturated rings. The largest absolute Gasteiger partial charge is 0.370 e. The molecule has 1 aromatic heterocycles. The highest BCUT2D eigenvalue weighted by Gasteiger charge is 2.07. The number of hydrogen-bond acceptors (Lipinski definition) is 4. The molecule has 0 saturated heterocycles. The minimum atomic E-state index is 0.318. The molecule has 0 aliphatic carbocycles. The first-order chi connectivity index (χ1) is 10.2. The molecule has 0 atom stereocenters. The van der Waals surface area contributed by atoms with Gasteiger partial charge in [0.1, 0.15) is 17.5 Å². The van der Waals surface area contributed by atoms with Crippen LogP contribution in [0.15, 0.2) is 36.4 Å². The van der Waals surface area contributed by atoms with E-state index in [1.807, 2.05) is 12.1 Å². The highest BCUT2D eigenvalue weighted by Crippen LogP contribution is 2.17.